The van der Waals surface area contributed by atoms with Gasteiger partial charge in [-0.15, -0.1) is 0 Å². The molecule has 0 aliphatic rings. The van der Waals surface area contributed by atoms with Gasteiger partial charge >= 0.3 is 0 Å². The standard InChI is InChI=1S/C16H32O/c1-9-16(10-2,12-11-14(3,4)5)13-17-15(6,7)8/h11-12H,9-10,13H2,1-8H3. The number of hydrogen-bond acceptors (Lipinski definition) is 1. The van der Waals surface area contributed by atoms with E-state index < -0.39 is 0 Å². The lowest BCUT2D eigenvalue weighted by atomic mass is 9.80. The maximum atomic E-state index is 5.99. The lowest BCUT2D eigenvalue weighted by Crippen LogP contribution is -2.30. The van der Waals surface area contributed by atoms with Crippen molar-refractivity contribution in [2.75, 3.05) is 6.61 Å². The molecule has 0 aliphatic heterocycles. The van der Waals surface area contributed by atoms with Gasteiger partial charge in [0, 0.05) is 5.41 Å². The summed E-state index contributed by atoms with van der Waals surface area (Å²) in [6.07, 6.45) is 6.96. The summed E-state index contributed by atoms with van der Waals surface area (Å²) in [6, 6.07) is 0. The van der Waals surface area contributed by atoms with Gasteiger partial charge in [-0.3, -0.25) is 0 Å². The predicted octanol–water partition coefficient (Wildman–Crippen LogP) is 5.21. The fraction of sp³-hybridized carbons (Fsp3) is 0.875. The van der Waals surface area contributed by atoms with Crippen molar-refractivity contribution in [3.63, 3.8) is 0 Å². The number of ether oxygens (including phenoxy) is 1. The van der Waals surface area contributed by atoms with Crippen LogP contribution < -0.4 is 0 Å². The van der Waals surface area contributed by atoms with Crippen molar-refractivity contribution in [3.8, 4) is 0 Å². The molecule has 0 saturated carbocycles. The first-order valence-electron chi connectivity index (χ1n) is 6.88. The van der Waals surface area contributed by atoms with Crippen molar-refractivity contribution in [2.24, 2.45) is 10.8 Å². The Kier molecular flexibility index (Phi) is 5.93. The van der Waals surface area contributed by atoms with Gasteiger partial charge in [0.2, 0.25) is 0 Å². The summed E-state index contributed by atoms with van der Waals surface area (Å²) in [5.41, 5.74) is 0.392. The van der Waals surface area contributed by atoms with Crippen LogP contribution in [0.2, 0.25) is 0 Å². The van der Waals surface area contributed by atoms with E-state index >= 15 is 0 Å². The van der Waals surface area contributed by atoms with E-state index in [4.69, 9.17) is 4.74 Å². The Labute approximate surface area is 109 Å². The van der Waals surface area contributed by atoms with E-state index in [0.29, 0.717) is 0 Å². The maximum absolute atomic E-state index is 5.99. The molecule has 0 N–H and O–H groups in total. The molecule has 0 amide bonds. The van der Waals surface area contributed by atoms with Gasteiger partial charge in [-0.2, -0.15) is 0 Å². The van der Waals surface area contributed by atoms with Crippen LogP contribution >= 0.6 is 0 Å². The molecule has 0 aromatic rings. The van der Waals surface area contributed by atoms with Crippen molar-refractivity contribution < 1.29 is 4.74 Å². The number of rotatable bonds is 5. The third-order valence-electron chi connectivity index (χ3n) is 3.14. The molecule has 0 heterocycles. The van der Waals surface area contributed by atoms with E-state index in [0.717, 1.165) is 19.4 Å². The van der Waals surface area contributed by atoms with Crippen molar-refractivity contribution in [2.45, 2.75) is 73.8 Å². The largest absolute Gasteiger partial charge is 0.375 e. The van der Waals surface area contributed by atoms with Gasteiger partial charge in [-0.05, 0) is 39.0 Å². The highest BCUT2D eigenvalue weighted by molar-refractivity contribution is 5.03. The SMILES string of the molecule is CCC(C=CC(C)(C)C)(CC)COC(C)(C)C. The summed E-state index contributed by atoms with van der Waals surface area (Å²) in [6.45, 7) is 18.4. The van der Waals surface area contributed by atoms with Crippen LogP contribution in [-0.2, 0) is 4.74 Å². The molecule has 0 radical (unpaired) electrons. The smallest absolute Gasteiger partial charge is 0.0598 e. The monoisotopic (exact) mass is 240 g/mol. The van der Waals surface area contributed by atoms with Gasteiger partial charge < -0.3 is 4.74 Å². The van der Waals surface area contributed by atoms with Crippen LogP contribution in [0, 0.1) is 10.8 Å². The predicted molar refractivity (Wildman–Crippen MR) is 77.3 cm³/mol. The van der Waals surface area contributed by atoms with Gasteiger partial charge in [0.05, 0.1) is 12.2 Å². The zero-order valence-electron chi connectivity index (χ0n) is 13.2. The van der Waals surface area contributed by atoms with Crippen LogP contribution in [0.4, 0.5) is 0 Å². The van der Waals surface area contributed by atoms with Crippen LogP contribution in [0.15, 0.2) is 12.2 Å². The molecule has 17 heavy (non-hydrogen) atoms. The second-order valence-corrected chi connectivity index (χ2v) is 7.17. The zero-order valence-corrected chi connectivity index (χ0v) is 13.2. The normalized spacial score (nSPS) is 14.6. The van der Waals surface area contributed by atoms with Crippen molar-refractivity contribution >= 4 is 0 Å². The zero-order chi connectivity index (χ0) is 13.7. The fourth-order valence-electron chi connectivity index (χ4n) is 1.52. The van der Waals surface area contributed by atoms with Gasteiger partial charge in [0.25, 0.3) is 0 Å². The number of allylic oxidation sites excluding steroid dienone is 1. The Morgan fingerprint density at radius 3 is 1.59 bits per heavy atom. The topological polar surface area (TPSA) is 9.23 Å². The molecular formula is C16H32O. The highest BCUT2D eigenvalue weighted by Crippen LogP contribution is 2.32. The average molecular weight is 240 g/mol. The molecule has 1 heteroatoms. The molecule has 0 aromatic heterocycles. The lowest BCUT2D eigenvalue weighted by molar-refractivity contribution is -0.0416. The van der Waals surface area contributed by atoms with E-state index in [9.17, 15) is 0 Å². The summed E-state index contributed by atoms with van der Waals surface area (Å²) in [7, 11) is 0. The molecule has 0 aromatic carbocycles. The Bertz CT molecular complexity index is 233. The first kappa shape index (κ1) is 16.7. The molecule has 0 fully saturated rings. The Balaban J connectivity index is 4.74. The van der Waals surface area contributed by atoms with Crippen LogP contribution in [0.3, 0.4) is 0 Å². The second-order valence-electron chi connectivity index (χ2n) is 7.17. The summed E-state index contributed by atoms with van der Waals surface area (Å²) in [4.78, 5) is 0. The van der Waals surface area contributed by atoms with Crippen LogP contribution in [0.5, 0.6) is 0 Å². The second kappa shape index (κ2) is 6.04. The van der Waals surface area contributed by atoms with E-state index in [1.807, 2.05) is 0 Å². The first-order chi connectivity index (χ1) is 7.54. The molecule has 1 nitrogen and oxygen atoms in total. The minimum atomic E-state index is -0.0504. The third kappa shape index (κ3) is 7.59. The van der Waals surface area contributed by atoms with Crippen LogP contribution in [0.25, 0.3) is 0 Å². The minimum Gasteiger partial charge on any atom is -0.375 e. The van der Waals surface area contributed by atoms with Crippen molar-refractivity contribution in [1.82, 2.24) is 0 Å². The quantitative estimate of drug-likeness (QED) is 0.599. The molecule has 0 saturated heterocycles. The highest BCUT2D eigenvalue weighted by Gasteiger charge is 2.26. The summed E-state index contributed by atoms with van der Waals surface area (Å²) < 4.78 is 5.99. The Morgan fingerprint density at radius 1 is 0.824 bits per heavy atom. The lowest BCUT2D eigenvalue weighted by Gasteiger charge is -2.33. The highest BCUT2D eigenvalue weighted by atomic mass is 16.5. The maximum Gasteiger partial charge on any atom is 0.0598 e. The molecule has 0 unspecified atom stereocenters. The summed E-state index contributed by atoms with van der Waals surface area (Å²) in [5.74, 6) is 0. The van der Waals surface area contributed by atoms with Crippen LogP contribution in [0.1, 0.15) is 68.2 Å². The minimum absolute atomic E-state index is 0.0504. The van der Waals surface area contributed by atoms with E-state index in [2.05, 4.69) is 67.5 Å². The number of hydrogen-bond donors (Lipinski definition) is 0. The molecule has 0 atom stereocenters. The molecular weight excluding hydrogens is 208 g/mol. The van der Waals surface area contributed by atoms with Crippen molar-refractivity contribution in [1.29, 1.82) is 0 Å². The molecule has 0 aliphatic carbocycles. The van der Waals surface area contributed by atoms with E-state index in [-0.39, 0.29) is 16.4 Å². The first-order valence-corrected chi connectivity index (χ1v) is 6.88. The van der Waals surface area contributed by atoms with Gasteiger partial charge in [0.15, 0.2) is 0 Å². The fourth-order valence-corrected chi connectivity index (χ4v) is 1.52. The summed E-state index contributed by atoms with van der Waals surface area (Å²) >= 11 is 0. The molecule has 0 bridgehead atoms. The van der Waals surface area contributed by atoms with Gasteiger partial charge in [-0.1, -0.05) is 46.8 Å². The molecule has 0 spiro atoms. The summed E-state index contributed by atoms with van der Waals surface area (Å²) in [5, 5.41) is 0. The Morgan fingerprint density at radius 2 is 1.29 bits per heavy atom. The van der Waals surface area contributed by atoms with Gasteiger partial charge in [0.1, 0.15) is 0 Å². The Hall–Kier alpha value is -0.300. The molecule has 0 rings (SSSR count). The molecule has 102 valence electrons. The average Bonchev–Trinajstić information content (AvgIpc) is 2.16. The van der Waals surface area contributed by atoms with Crippen LogP contribution in [-0.4, -0.2) is 12.2 Å². The third-order valence-corrected chi connectivity index (χ3v) is 3.14. The van der Waals surface area contributed by atoms with E-state index in [1.165, 1.54) is 0 Å². The van der Waals surface area contributed by atoms with Gasteiger partial charge in [-0.25, -0.2) is 0 Å². The van der Waals surface area contributed by atoms with Crippen molar-refractivity contribution in [3.05, 3.63) is 12.2 Å². The van der Waals surface area contributed by atoms with E-state index in [1.54, 1.807) is 0 Å².